The smallest absolute Gasteiger partial charge is 0.138 e. The first-order chi connectivity index (χ1) is 8.01. The van der Waals surface area contributed by atoms with Gasteiger partial charge in [-0.1, -0.05) is 11.6 Å². The Hall–Kier alpha value is -0.670. The van der Waals surface area contributed by atoms with E-state index in [1.807, 2.05) is 0 Å². The number of alkyl halides is 1. The molecule has 2 atom stereocenters. The minimum atomic E-state index is -1.59. The molecular weight excluding hydrogens is 244 g/mol. The van der Waals surface area contributed by atoms with Crippen molar-refractivity contribution in [2.75, 3.05) is 13.1 Å². The van der Waals surface area contributed by atoms with E-state index in [2.05, 4.69) is 5.32 Å². The van der Waals surface area contributed by atoms with Crippen LogP contribution in [0.4, 0.5) is 8.78 Å². The van der Waals surface area contributed by atoms with Crippen molar-refractivity contribution in [1.29, 1.82) is 0 Å². The minimum Gasteiger partial charge on any atom is -0.316 e. The highest BCUT2D eigenvalue weighted by Crippen LogP contribution is 2.40. The van der Waals surface area contributed by atoms with E-state index in [0.717, 1.165) is 19.4 Å². The third kappa shape index (κ3) is 2.61. The molecule has 0 aliphatic carbocycles. The molecule has 1 saturated heterocycles. The highest BCUT2D eigenvalue weighted by atomic mass is 35.5. The largest absolute Gasteiger partial charge is 0.316 e. The van der Waals surface area contributed by atoms with Crippen molar-refractivity contribution < 1.29 is 8.78 Å². The summed E-state index contributed by atoms with van der Waals surface area (Å²) in [6.07, 6.45) is 1.74. The fraction of sp³-hybridized carbons (Fsp3) is 0.538. The van der Waals surface area contributed by atoms with E-state index in [9.17, 15) is 8.78 Å². The standard InChI is InChI=1S/C13H16ClF2N/c1-13(16,9-3-2-6-17-8-9)11-7-10(15)4-5-12(11)14/h4-5,7,9,17H,2-3,6,8H2,1H3. The Bertz CT molecular complexity index is 400. The number of hydrogen-bond donors (Lipinski definition) is 1. The van der Waals surface area contributed by atoms with Gasteiger partial charge >= 0.3 is 0 Å². The molecule has 2 unspecified atom stereocenters. The Balaban J connectivity index is 2.32. The number of hydrogen-bond acceptors (Lipinski definition) is 1. The zero-order valence-corrected chi connectivity index (χ0v) is 10.5. The molecule has 4 heteroatoms. The lowest BCUT2D eigenvalue weighted by Gasteiger charge is -2.34. The van der Waals surface area contributed by atoms with E-state index >= 15 is 0 Å². The molecule has 0 bridgehead atoms. The summed E-state index contributed by atoms with van der Waals surface area (Å²) < 4.78 is 28.1. The quantitative estimate of drug-likeness (QED) is 0.855. The van der Waals surface area contributed by atoms with E-state index in [-0.39, 0.29) is 11.5 Å². The van der Waals surface area contributed by atoms with Crippen molar-refractivity contribution in [1.82, 2.24) is 5.32 Å². The molecule has 0 amide bonds. The average Bonchev–Trinajstić information content (AvgIpc) is 2.33. The SMILES string of the molecule is CC(F)(c1cc(F)ccc1Cl)C1CCCNC1. The van der Waals surface area contributed by atoms with Crippen LogP contribution >= 0.6 is 11.6 Å². The fourth-order valence-corrected chi connectivity index (χ4v) is 2.71. The predicted molar refractivity (Wildman–Crippen MR) is 65.5 cm³/mol. The molecule has 1 aliphatic rings. The highest BCUT2D eigenvalue weighted by molar-refractivity contribution is 6.31. The molecule has 0 saturated carbocycles. The van der Waals surface area contributed by atoms with Crippen molar-refractivity contribution in [3.05, 3.63) is 34.6 Å². The van der Waals surface area contributed by atoms with E-state index in [0.29, 0.717) is 11.6 Å². The van der Waals surface area contributed by atoms with Gasteiger partial charge in [0, 0.05) is 23.0 Å². The lowest BCUT2D eigenvalue weighted by Crippen LogP contribution is -2.40. The summed E-state index contributed by atoms with van der Waals surface area (Å²) in [7, 11) is 0. The normalized spacial score (nSPS) is 24.4. The average molecular weight is 260 g/mol. The monoisotopic (exact) mass is 259 g/mol. The Kier molecular flexibility index (Phi) is 3.69. The van der Waals surface area contributed by atoms with Gasteiger partial charge in [0.1, 0.15) is 11.5 Å². The van der Waals surface area contributed by atoms with Crippen LogP contribution in [-0.4, -0.2) is 13.1 Å². The van der Waals surface area contributed by atoms with Gasteiger partial charge in [-0.3, -0.25) is 0 Å². The van der Waals surface area contributed by atoms with Gasteiger partial charge in [0.05, 0.1) is 0 Å². The second kappa shape index (κ2) is 4.91. The third-order valence-electron chi connectivity index (χ3n) is 3.52. The summed E-state index contributed by atoms with van der Waals surface area (Å²) in [5.41, 5.74) is -1.33. The summed E-state index contributed by atoms with van der Waals surface area (Å²) in [6.45, 7) is 3.02. The van der Waals surface area contributed by atoms with Crippen molar-refractivity contribution >= 4 is 11.6 Å². The van der Waals surface area contributed by atoms with Gasteiger partial charge in [0.15, 0.2) is 0 Å². The number of halogens is 3. The molecule has 1 N–H and O–H groups in total. The summed E-state index contributed by atoms with van der Waals surface area (Å²) >= 11 is 5.97. The molecule has 17 heavy (non-hydrogen) atoms. The molecule has 0 aromatic heterocycles. The fourth-order valence-electron chi connectivity index (χ4n) is 2.41. The maximum absolute atomic E-state index is 14.9. The van der Waals surface area contributed by atoms with Crippen LogP contribution in [0.3, 0.4) is 0 Å². The van der Waals surface area contributed by atoms with Crippen LogP contribution in [0.15, 0.2) is 18.2 Å². The molecule has 1 heterocycles. The van der Waals surface area contributed by atoms with E-state index < -0.39 is 11.5 Å². The molecule has 94 valence electrons. The van der Waals surface area contributed by atoms with Gasteiger partial charge in [0.2, 0.25) is 0 Å². The van der Waals surface area contributed by atoms with Crippen molar-refractivity contribution in [3.63, 3.8) is 0 Å². The molecule has 2 rings (SSSR count). The van der Waals surface area contributed by atoms with Crippen LogP contribution in [0.5, 0.6) is 0 Å². The van der Waals surface area contributed by atoms with E-state index in [1.54, 1.807) is 0 Å². The Morgan fingerprint density at radius 2 is 2.24 bits per heavy atom. The number of rotatable bonds is 2. The molecule has 1 nitrogen and oxygen atoms in total. The molecule has 1 aromatic carbocycles. The lowest BCUT2D eigenvalue weighted by molar-refractivity contribution is 0.0809. The molecule has 1 aliphatic heterocycles. The van der Waals surface area contributed by atoms with Crippen molar-refractivity contribution in [3.8, 4) is 0 Å². The molecule has 1 aromatic rings. The van der Waals surface area contributed by atoms with Crippen LogP contribution in [0.25, 0.3) is 0 Å². The highest BCUT2D eigenvalue weighted by Gasteiger charge is 2.38. The third-order valence-corrected chi connectivity index (χ3v) is 3.85. The molecule has 1 fully saturated rings. The molecular formula is C13H16ClF2N. The first-order valence-electron chi connectivity index (χ1n) is 5.87. The second-order valence-corrected chi connectivity index (χ2v) is 5.15. The topological polar surface area (TPSA) is 12.0 Å². The minimum absolute atomic E-state index is 0.157. The summed E-state index contributed by atoms with van der Waals surface area (Å²) in [5, 5.41) is 3.46. The van der Waals surface area contributed by atoms with Crippen LogP contribution < -0.4 is 5.32 Å². The first-order valence-corrected chi connectivity index (χ1v) is 6.25. The van der Waals surface area contributed by atoms with Gasteiger partial charge < -0.3 is 5.32 Å². The number of benzene rings is 1. The first kappa shape index (κ1) is 12.8. The second-order valence-electron chi connectivity index (χ2n) is 4.74. The van der Waals surface area contributed by atoms with Gasteiger partial charge in [-0.25, -0.2) is 8.78 Å². The van der Waals surface area contributed by atoms with Crippen LogP contribution in [-0.2, 0) is 5.67 Å². The Labute approximate surface area is 105 Å². The maximum atomic E-state index is 14.9. The van der Waals surface area contributed by atoms with Crippen LogP contribution in [0, 0.1) is 11.7 Å². The van der Waals surface area contributed by atoms with Crippen molar-refractivity contribution in [2.45, 2.75) is 25.4 Å². The summed E-state index contributed by atoms with van der Waals surface area (Å²) in [5.74, 6) is -0.604. The van der Waals surface area contributed by atoms with Crippen molar-refractivity contribution in [2.24, 2.45) is 5.92 Å². The van der Waals surface area contributed by atoms with E-state index in [1.165, 1.54) is 25.1 Å². The van der Waals surface area contributed by atoms with Crippen LogP contribution in [0.1, 0.15) is 25.3 Å². The number of nitrogens with one attached hydrogen (secondary N) is 1. The lowest BCUT2D eigenvalue weighted by atomic mass is 9.80. The van der Waals surface area contributed by atoms with E-state index in [4.69, 9.17) is 11.6 Å². The number of piperidine rings is 1. The molecule has 0 spiro atoms. The summed E-state index contributed by atoms with van der Waals surface area (Å²) in [4.78, 5) is 0. The zero-order chi connectivity index (χ0) is 12.5. The maximum Gasteiger partial charge on any atom is 0.138 e. The zero-order valence-electron chi connectivity index (χ0n) is 9.77. The summed E-state index contributed by atoms with van der Waals surface area (Å²) in [6, 6.07) is 3.87. The van der Waals surface area contributed by atoms with Crippen LogP contribution in [0.2, 0.25) is 5.02 Å². The van der Waals surface area contributed by atoms with Gasteiger partial charge in [-0.15, -0.1) is 0 Å². The Morgan fingerprint density at radius 3 is 2.88 bits per heavy atom. The van der Waals surface area contributed by atoms with Gasteiger partial charge in [-0.2, -0.15) is 0 Å². The van der Waals surface area contributed by atoms with Gasteiger partial charge in [-0.05, 0) is 44.5 Å². The Morgan fingerprint density at radius 1 is 1.47 bits per heavy atom. The molecule has 0 radical (unpaired) electrons. The predicted octanol–water partition coefficient (Wildman–Crippen LogP) is 3.66. The van der Waals surface area contributed by atoms with Gasteiger partial charge in [0.25, 0.3) is 0 Å².